The number of ether oxygens (including phenoxy) is 3. The van der Waals surface area contributed by atoms with Crippen LogP contribution in [0.1, 0.15) is 25.7 Å². The van der Waals surface area contributed by atoms with E-state index in [0.29, 0.717) is 30.0 Å². The predicted octanol–water partition coefficient (Wildman–Crippen LogP) is 1.36. The first kappa shape index (κ1) is 20.6. The van der Waals surface area contributed by atoms with E-state index in [0.717, 1.165) is 17.7 Å². The largest absolute Gasteiger partial charge is 0.493 e. The molecule has 1 aromatic rings. The van der Waals surface area contributed by atoms with Crippen LogP contribution in [-0.2, 0) is 23.9 Å². The Hall–Kier alpha value is -3.10. The van der Waals surface area contributed by atoms with Crippen LogP contribution in [0.2, 0.25) is 0 Å². The lowest BCUT2D eigenvalue weighted by Crippen LogP contribution is -2.37. The van der Waals surface area contributed by atoms with E-state index in [9.17, 15) is 19.2 Å². The van der Waals surface area contributed by atoms with Gasteiger partial charge in [-0.15, -0.1) is 0 Å². The average molecular weight is 404 g/mol. The molecule has 2 unspecified atom stereocenters. The van der Waals surface area contributed by atoms with Gasteiger partial charge in [0, 0.05) is 11.8 Å². The fraction of sp³-hybridized carbons (Fsp3) is 0.500. The van der Waals surface area contributed by atoms with Crippen LogP contribution in [0.4, 0.5) is 5.69 Å². The molecule has 0 bridgehead atoms. The second-order valence-corrected chi connectivity index (χ2v) is 7.04. The Balaban J connectivity index is 1.50. The highest BCUT2D eigenvalue weighted by atomic mass is 16.5. The maximum absolute atomic E-state index is 12.4. The summed E-state index contributed by atoms with van der Waals surface area (Å²) in [6.07, 6.45) is 3.17. The lowest BCUT2D eigenvalue weighted by atomic mass is 9.81. The van der Waals surface area contributed by atoms with Gasteiger partial charge in [0.05, 0.1) is 26.1 Å². The number of likely N-dealkylation sites (tertiary alicyclic amines) is 1. The fourth-order valence-electron chi connectivity index (χ4n) is 3.82. The van der Waals surface area contributed by atoms with Crippen LogP contribution in [0.3, 0.4) is 0 Å². The van der Waals surface area contributed by atoms with Crippen molar-refractivity contribution in [1.82, 2.24) is 4.90 Å². The molecule has 156 valence electrons. The molecular weight excluding hydrogens is 380 g/mol. The first-order valence-corrected chi connectivity index (χ1v) is 9.47. The number of methoxy groups -OCH3 is 2. The van der Waals surface area contributed by atoms with Crippen LogP contribution in [0.25, 0.3) is 0 Å². The number of hydrogen-bond donors (Lipinski definition) is 1. The minimum Gasteiger partial charge on any atom is -0.493 e. The van der Waals surface area contributed by atoms with E-state index < -0.39 is 25.0 Å². The Labute approximate surface area is 168 Å². The summed E-state index contributed by atoms with van der Waals surface area (Å²) in [5.41, 5.74) is 0.442. The zero-order chi connectivity index (χ0) is 21.0. The molecule has 3 rings (SSSR count). The van der Waals surface area contributed by atoms with E-state index in [1.165, 1.54) is 14.2 Å². The molecule has 2 fully saturated rings. The topological polar surface area (TPSA) is 111 Å². The predicted molar refractivity (Wildman–Crippen MR) is 101 cm³/mol. The van der Waals surface area contributed by atoms with Gasteiger partial charge < -0.3 is 19.5 Å². The standard InChI is InChI=1S/C20H24N2O7/c1-27-15-8-7-12(9-16(15)28-2)21-17(23)11-29-18(24)10-22-19(25)13-5-3-4-6-14(13)20(22)26/h7-9,13-14H,3-6,10-11H2,1-2H3,(H,21,23). The van der Waals surface area contributed by atoms with Gasteiger partial charge >= 0.3 is 5.97 Å². The van der Waals surface area contributed by atoms with Crippen molar-refractivity contribution in [1.29, 1.82) is 0 Å². The molecule has 1 saturated carbocycles. The number of amides is 3. The smallest absolute Gasteiger partial charge is 0.326 e. The van der Waals surface area contributed by atoms with E-state index >= 15 is 0 Å². The summed E-state index contributed by atoms with van der Waals surface area (Å²) in [7, 11) is 2.97. The molecule has 0 radical (unpaired) electrons. The van der Waals surface area contributed by atoms with Crippen molar-refractivity contribution in [3.05, 3.63) is 18.2 Å². The van der Waals surface area contributed by atoms with E-state index in [1.54, 1.807) is 18.2 Å². The number of carbonyl (C=O) groups is 4. The number of rotatable bonds is 7. The molecule has 1 aliphatic carbocycles. The maximum Gasteiger partial charge on any atom is 0.326 e. The molecule has 29 heavy (non-hydrogen) atoms. The number of nitrogens with one attached hydrogen (secondary N) is 1. The number of nitrogens with zero attached hydrogens (tertiary/aromatic N) is 1. The zero-order valence-electron chi connectivity index (χ0n) is 16.4. The van der Waals surface area contributed by atoms with Crippen molar-refractivity contribution in [3.63, 3.8) is 0 Å². The highest BCUT2D eigenvalue weighted by molar-refractivity contribution is 6.07. The number of benzene rings is 1. The molecule has 0 spiro atoms. The van der Waals surface area contributed by atoms with Crippen molar-refractivity contribution >= 4 is 29.4 Å². The van der Waals surface area contributed by atoms with Crippen LogP contribution >= 0.6 is 0 Å². The van der Waals surface area contributed by atoms with Crippen LogP contribution in [0.15, 0.2) is 18.2 Å². The quantitative estimate of drug-likeness (QED) is 0.539. The van der Waals surface area contributed by atoms with Crippen molar-refractivity contribution in [2.75, 3.05) is 32.7 Å². The van der Waals surface area contributed by atoms with Gasteiger partial charge in [0.25, 0.3) is 5.91 Å². The minimum absolute atomic E-state index is 0.313. The Morgan fingerprint density at radius 3 is 2.24 bits per heavy atom. The SMILES string of the molecule is COc1ccc(NC(=O)COC(=O)CN2C(=O)C3CCCCC3C2=O)cc1OC. The lowest BCUT2D eigenvalue weighted by molar-refractivity contribution is -0.154. The third-order valence-electron chi connectivity index (χ3n) is 5.25. The van der Waals surface area contributed by atoms with Crippen LogP contribution < -0.4 is 14.8 Å². The first-order chi connectivity index (χ1) is 13.9. The number of fused-ring (bicyclic) bond motifs is 1. The minimum atomic E-state index is -0.798. The molecule has 1 aromatic carbocycles. The molecule has 3 amide bonds. The summed E-state index contributed by atoms with van der Waals surface area (Å²) in [4.78, 5) is 49.8. The van der Waals surface area contributed by atoms with Gasteiger partial charge in [0.2, 0.25) is 11.8 Å². The third-order valence-corrected chi connectivity index (χ3v) is 5.25. The van der Waals surface area contributed by atoms with Crippen LogP contribution in [0, 0.1) is 11.8 Å². The Kier molecular flexibility index (Phi) is 6.36. The lowest BCUT2D eigenvalue weighted by Gasteiger charge is -2.19. The number of hydrogen-bond acceptors (Lipinski definition) is 7. The van der Waals surface area contributed by atoms with Crippen LogP contribution in [-0.4, -0.2) is 56.0 Å². The highest BCUT2D eigenvalue weighted by Crippen LogP contribution is 2.37. The fourth-order valence-corrected chi connectivity index (χ4v) is 3.82. The number of imide groups is 1. The summed E-state index contributed by atoms with van der Waals surface area (Å²) in [6, 6.07) is 4.82. The van der Waals surface area contributed by atoms with E-state index in [-0.39, 0.29) is 23.7 Å². The summed E-state index contributed by atoms with van der Waals surface area (Å²) in [6.45, 7) is -0.995. The molecule has 1 N–H and O–H groups in total. The summed E-state index contributed by atoms with van der Waals surface area (Å²) >= 11 is 0. The van der Waals surface area contributed by atoms with Crippen molar-refractivity contribution in [2.45, 2.75) is 25.7 Å². The second-order valence-electron chi connectivity index (χ2n) is 7.04. The van der Waals surface area contributed by atoms with Crippen molar-refractivity contribution in [2.24, 2.45) is 11.8 Å². The van der Waals surface area contributed by atoms with E-state index in [2.05, 4.69) is 5.32 Å². The molecule has 2 aliphatic rings. The Bertz CT molecular complexity index is 799. The van der Waals surface area contributed by atoms with Crippen LogP contribution in [0.5, 0.6) is 11.5 Å². The molecule has 1 saturated heterocycles. The van der Waals surface area contributed by atoms with Crippen molar-refractivity contribution < 1.29 is 33.4 Å². The molecule has 2 atom stereocenters. The normalized spacial score (nSPS) is 20.8. The van der Waals surface area contributed by atoms with Gasteiger partial charge in [0.1, 0.15) is 6.54 Å². The maximum atomic E-state index is 12.4. The number of esters is 1. The van der Waals surface area contributed by atoms with E-state index in [4.69, 9.17) is 14.2 Å². The van der Waals surface area contributed by atoms with Gasteiger partial charge in [0.15, 0.2) is 18.1 Å². The monoisotopic (exact) mass is 404 g/mol. The van der Waals surface area contributed by atoms with Gasteiger partial charge in [-0.05, 0) is 25.0 Å². The van der Waals surface area contributed by atoms with Gasteiger partial charge in [-0.3, -0.25) is 24.1 Å². The van der Waals surface area contributed by atoms with Gasteiger partial charge in [-0.25, -0.2) is 0 Å². The molecule has 1 heterocycles. The average Bonchev–Trinajstić information content (AvgIpc) is 2.97. The molecular formula is C20H24N2O7. The summed E-state index contributed by atoms with van der Waals surface area (Å²) in [5.74, 6) is -1.67. The number of carbonyl (C=O) groups excluding carboxylic acids is 4. The number of anilines is 1. The highest BCUT2D eigenvalue weighted by Gasteiger charge is 2.48. The second kappa shape index (κ2) is 8.93. The zero-order valence-corrected chi connectivity index (χ0v) is 16.4. The first-order valence-electron chi connectivity index (χ1n) is 9.47. The summed E-state index contributed by atoms with van der Waals surface area (Å²) < 4.78 is 15.2. The van der Waals surface area contributed by atoms with Gasteiger partial charge in [-0.1, -0.05) is 12.8 Å². The molecule has 9 heteroatoms. The van der Waals surface area contributed by atoms with Crippen molar-refractivity contribution in [3.8, 4) is 11.5 Å². The summed E-state index contributed by atoms with van der Waals surface area (Å²) in [5, 5.41) is 2.58. The molecule has 9 nitrogen and oxygen atoms in total. The van der Waals surface area contributed by atoms with E-state index in [1.807, 2.05) is 0 Å². The third kappa shape index (κ3) is 4.49. The molecule has 1 aliphatic heterocycles. The molecule has 0 aromatic heterocycles. The Morgan fingerprint density at radius 1 is 1.03 bits per heavy atom. The van der Waals surface area contributed by atoms with Gasteiger partial charge in [-0.2, -0.15) is 0 Å². The Morgan fingerprint density at radius 2 is 1.66 bits per heavy atom.